The topological polar surface area (TPSA) is 181 Å². The molecule has 0 aliphatic heterocycles. The van der Waals surface area contributed by atoms with Crippen molar-refractivity contribution in [2.75, 3.05) is 10.6 Å². The van der Waals surface area contributed by atoms with Gasteiger partial charge in [0.1, 0.15) is 5.82 Å². The average molecular weight is 452 g/mol. The van der Waals surface area contributed by atoms with E-state index in [2.05, 4.69) is 30.6 Å². The van der Waals surface area contributed by atoms with Crippen LogP contribution in [0, 0.1) is 6.92 Å². The fourth-order valence-corrected chi connectivity index (χ4v) is 2.68. The Kier molecular flexibility index (Phi) is 7.85. The Balaban J connectivity index is 0.000000735. The lowest BCUT2D eigenvalue weighted by Crippen LogP contribution is -2.09. The zero-order valence-electron chi connectivity index (χ0n) is 15.4. The van der Waals surface area contributed by atoms with E-state index in [1.165, 1.54) is 18.2 Å². The molecule has 0 aliphatic carbocycles. The highest BCUT2D eigenvalue weighted by molar-refractivity contribution is 7.85. The van der Waals surface area contributed by atoms with Crippen molar-refractivity contribution >= 4 is 38.3 Å². The maximum atomic E-state index is 11.2. The van der Waals surface area contributed by atoms with Crippen LogP contribution < -0.4 is 10.6 Å². The summed E-state index contributed by atoms with van der Waals surface area (Å²) < 4.78 is 56.9. The van der Waals surface area contributed by atoms with Gasteiger partial charge in [0, 0.05) is 11.9 Å². The molecule has 30 heavy (non-hydrogen) atoms. The molecule has 2 aromatic heterocycles. The van der Waals surface area contributed by atoms with Gasteiger partial charge in [-0.2, -0.15) is 23.4 Å². The molecule has 3 rings (SSSR count). The smallest absolute Gasteiger partial charge is 0.348 e. The third kappa shape index (κ3) is 7.86. The molecule has 14 heteroatoms. The van der Waals surface area contributed by atoms with Gasteiger partial charge in [-0.05, 0) is 37.3 Å². The van der Waals surface area contributed by atoms with Crippen molar-refractivity contribution < 1.29 is 25.6 Å². The summed E-state index contributed by atoms with van der Waals surface area (Å²) in [5.41, 5.74) is 1.25. The van der Waals surface area contributed by atoms with Gasteiger partial charge >= 0.3 is 10.6 Å². The zero-order chi connectivity index (χ0) is 22.1. The number of nitrogens with one attached hydrogen (secondary N) is 2. The van der Waals surface area contributed by atoms with Crippen LogP contribution in [0.2, 0.25) is 0 Å². The van der Waals surface area contributed by atoms with Gasteiger partial charge in [0.15, 0.2) is 0 Å². The van der Waals surface area contributed by atoms with Crippen LogP contribution >= 0.6 is 0 Å². The van der Waals surface area contributed by atoms with Gasteiger partial charge < -0.3 is 10.6 Å². The number of anilines is 3. The lowest BCUT2D eigenvalue weighted by Gasteiger charge is -2.09. The van der Waals surface area contributed by atoms with Crippen molar-refractivity contribution in [3.63, 3.8) is 0 Å². The number of benzene rings is 1. The SMILES string of the molecule is Cc1nc(NCc2ccccn2)nc(Nc2cccc(S(=O)(=O)O)c2)n1.O=S(=O)=O. The van der Waals surface area contributed by atoms with E-state index in [0.717, 1.165) is 5.69 Å². The van der Waals surface area contributed by atoms with Crippen molar-refractivity contribution in [2.24, 2.45) is 0 Å². The standard InChI is InChI=1S/C16H16N6O3S.O3S/c1-11-19-15(18-10-13-5-2-3-8-17-13)22-16(20-11)21-12-6-4-7-14(9-12)26(23,24)25;1-4(2)3/h2-9H,10H2,1H3,(H,23,24,25)(H2,18,19,20,21,22);. The molecule has 2 heterocycles. The summed E-state index contributed by atoms with van der Waals surface area (Å²) in [5.74, 6) is 1.09. The molecule has 3 N–H and O–H groups in total. The Hall–Kier alpha value is -3.49. The first kappa shape index (κ1) is 22.8. The largest absolute Gasteiger partial charge is 0.425 e. The van der Waals surface area contributed by atoms with Crippen LogP contribution in [-0.2, 0) is 27.3 Å². The van der Waals surface area contributed by atoms with Crippen LogP contribution in [0.3, 0.4) is 0 Å². The Morgan fingerprint density at radius 3 is 2.33 bits per heavy atom. The fraction of sp³-hybridized carbons (Fsp3) is 0.125. The molecular weight excluding hydrogens is 436 g/mol. The van der Waals surface area contributed by atoms with Gasteiger partial charge in [-0.3, -0.25) is 9.54 Å². The molecule has 3 aromatic rings. The summed E-state index contributed by atoms with van der Waals surface area (Å²) in [6.45, 7) is 2.16. The van der Waals surface area contributed by atoms with Gasteiger partial charge in [0.05, 0.1) is 17.1 Å². The Morgan fingerprint density at radius 2 is 1.70 bits per heavy atom. The molecule has 0 bridgehead atoms. The van der Waals surface area contributed by atoms with Gasteiger partial charge in [-0.1, -0.05) is 12.1 Å². The number of hydrogen-bond donors (Lipinski definition) is 3. The molecular formula is C16H16N6O6S2. The minimum Gasteiger partial charge on any atom is -0.348 e. The van der Waals surface area contributed by atoms with Crippen LogP contribution in [0.5, 0.6) is 0 Å². The third-order valence-corrected chi connectivity index (χ3v) is 4.14. The number of nitrogens with zero attached hydrogens (tertiary/aromatic N) is 4. The van der Waals surface area contributed by atoms with Crippen LogP contribution in [-0.4, -0.2) is 45.5 Å². The van der Waals surface area contributed by atoms with Gasteiger partial charge in [-0.25, -0.2) is 0 Å². The van der Waals surface area contributed by atoms with Gasteiger partial charge in [0.25, 0.3) is 10.1 Å². The van der Waals surface area contributed by atoms with Crippen LogP contribution in [0.25, 0.3) is 0 Å². The molecule has 0 atom stereocenters. The Labute approximate surface area is 173 Å². The highest BCUT2D eigenvalue weighted by atomic mass is 32.2. The van der Waals surface area contributed by atoms with Gasteiger partial charge in [0.2, 0.25) is 11.9 Å². The van der Waals surface area contributed by atoms with Crippen molar-refractivity contribution in [1.82, 2.24) is 19.9 Å². The van der Waals surface area contributed by atoms with E-state index >= 15 is 0 Å². The average Bonchev–Trinajstić information content (AvgIpc) is 2.66. The van der Waals surface area contributed by atoms with E-state index in [1.807, 2.05) is 18.2 Å². The summed E-state index contributed by atoms with van der Waals surface area (Å²) in [6, 6.07) is 11.3. The predicted molar refractivity (Wildman–Crippen MR) is 105 cm³/mol. The fourth-order valence-electron chi connectivity index (χ4n) is 2.15. The van der Waals surface area contributed by atoms with Crippen LogP contribution in [0.1, 0.15) is 11.5 Å². The summed E-state index contributed by atoms with van der Waals surface area (Å²) in [4.78, 5) is 16.6. The van der Waals surface area contributed by atoms with E-state index in [4.69, 9.17) is 17.2 Å². The quantitative estimate of drug-likeness (QED) is 0.455. The number of aromatic nitrogens is 4. The molecule has 12 nitrogen and oxygen atoms in total. The second-order valence-electron chi connectivity index (χ2n) is 5.54. The van der Waals surface area contributed by atoms with Crippen molar-refractivity contribution in [3.05, 3.63) is 60.2 Å². The molecule has 0 unspecified atom stereocenters. The second-order valence-corrected chi connectivity index (χ2v) is 7.37. The molecule has 0 amide bonds. The molecule has 0 fully saturated rings. The number of aryl methyl sites for hydroxylation is 1. The van der Waals surface area contributed by atoms with E-state index < -0.39 is 20.7 Å². The van der Waals surface area contributed by atoms with Crippen LogP contribution in [0.4, 0.5) is 17.6 Å². The zero-order valence-corrected chi connectivity index (χ0v) is 17.1. The van der Waals surface area contributed by atoms with Crippen molar-refractivity contribution in [2.45, 2.75) is 18.4 Å². The lowest BCUT2D eigenvalue weighted by atomic mass is 10.3. The van der Waals surface area contributed by atoms with E-state index in [0.29, 0.717) is 24.0 Å². The lowest BCUT2D eigenvalue weighted by molar-refractivity contribution is 0.483. The van der Waals surface area contributed by atoms with E-state index in [1.54, 1.807) is 19.2 Å². The van der Waals surface area contributed by atoms with Crippen LogP contribution in [0.15, 0.2) is 53.6 Å². The summed E-state index contributed by atoms with van der Waals surface area (Å²) >= 11 is 0. The molecule has 0 saturated heterocycles. The number of hydrogen-bond acceptors (Lipinski definition) is 11. The van der Waals surface area contributed by atoms with E-state index in [9.17, 15) is 8.42 Å². The maximum Gasteiger partial charge on any atom is 0.425 e. The summed E-state index contributed by atoms with van der Waals surface area (Å²) in [5, 5.41) is 5.97. The molecule has 0 spiro atoms. The number of rotatable bonds is 6. The summed E-state index contributed by atoms with van der Waals surface area (Å²) in [6.07, 6.45) is 1.70. The highest BCUT2D eigenvalue weighted by Crippen LogP contribution is 2.18. The summed E-state index contributed by atoms with van der Waals surface area (Å²) in [7, 11) is -7.40. The minimum atomic E-state index is -4.29. The first-order valence-corrected chi connectivity index (χ1v) is 10.6. The molecule has 1 aromatic carbocycles. The first-order chi connectivity index (χ1) is 14.1. The molecule has 0 aliphatic rings. The van der Waals surface area contributed by atoms with Crippen molar-refractivity contribution in [1.29, 1.82) is 0 Å². The highest BCUT2D eigenvalue weighted by Gasteiger charge is 2.11. The number of pyridine rings is 1. The second kappa shape index (κ2) is 10.3. The minimum absolute atomic E-state index is 0.221. The van der Waals surface area contributed by atoms with E-state index in [-0.39, 0.29) is 10.8 Å². The first-order valence-electron chi connectivity index (χ1n) is 8.11. The Morgan fingerprint density at radius 1 is 1.00 bits per heavy atom. The third-order valence-electron chi connectivity index (χ3n) is 3.29. The molecule has 158 valence electrons. The van der Waals surface area contributed by atoms with Crippen molar-refractivity contribution in [3.8, 4) is 0 Å². The molecule has 0 radical (unpaired) electrons. The normalized spacial score (nSPS) is 10.5. The monoisotopic (exact) mass is 452 g/mol. The van der Waals surface area contributed by atoms with Gasteiger partial charge in [-0.15, -0.1) is 12.6 Å². The Bertz CT molecular complexity index is 1210. The predicted octanol–water partition coefficient (Wildman–Crippen LogP) is 1.17. The molecule has 0 saturated carbocycles. The maximum absolute atomic E-state index is 11.2.